The standard InChI is InChI=1S/C9H13NO.2C2H6/c1-8-2-4-9(5-3-8)11-7-6-10;2*1-2/h2-5H,6-7,10H2,1H3;2*1-2H3. The van der Waals surface area contributed by atoms with E-state index in [2.05, 4.69) is 0 Å². The van der Waals surface area contributed by atoms with Gasteiger partial charge in [-0.1, -0.05) is 45.4 Å². The molecule has 0 aliphatic carbocycles. The minimum Gasteiger partial charge on any atom is -0.492 e. The topological polar surface area (TPSA) is 35.2 Å². The average molecular weight is 211 g/mol. The highest BCUT2D eigenvalue weighted by Gasteiger charge is 1.89. The number of ether oxygens (including phenoxy) is 1. The third-order valence-corrected chi connectivity index (χ3v) is 1.41. The van der Waals surface area contributed by atoms with Crippen LogP contribution in [0.2, 0.25) is 0 Å². The van der Waals surface area contributed by atoms with E-state index < -0.39 is 0 Å². The second kappa shape index (κ2) is 13.0. The van der Waals surface area contributed by atoms with Gasteiger partial charge in [0, 0.05) is 6.54 Å². The van der Waals surface area contributed by atoms with Gasteiger partial charge in [-0.05, 0) is 19.1 Å². The first-order valence-electron chi connectivity index (χ1n) is 5.72. The van der Waals surface area contributed by atoms with Crippen molar-refractivity contribution in [3.8, 4) is 5.75 Å². The average Bonchev–Trinajstić information content (AvgIpc) is 2.34. The highest BCUT2D eigenvalue weighted by Crippen LogP contribution is 2.10. The molecule has 1 aromatic rings. The third kappa shape index (κ3) is 9.29. The Hall–Kier alpha value is -1.02. The first-order chi connectivity index (χ1) is 7.33. The Morgan fingerprint density at radius 1 is 1.00 bits per heavy atom. The van der Waals surface area contributed by atoms with Crippen LogP contribution in [0.3, 0.4) is 0 Å². The number of hydrogen-bond acceptors (Lipinski definition) is 2. The summed E-state index contributed by atoms with van der Waals surface area (Å²) in [6, 6.07) is 7.94. The van der Waals surface area contributed by atoms with Crippen molar-refractivity contribution in [1.82, 2.24) is 0 Å². The maximum atomic E-state index is 5.29. The summed E-state index contributed by atoms with van der Waals surface area (Å²) in [7, 11) is 0. The van der Waals surface area contributed by atoms with Gasteiger partial charge in [-0.2, -0.15) is 0 Å². The van der Waals surface area contributed by atoms with Crippen LogP contribution < -0.4 is 10.5 Å². The number of nitrogens with two attached hydrogens (primary N) is 1. The summed E-state index contributed by atoms with van der Waals surface area (Å²) in [6.07, 6.45) is 0. The number of hydrogen-bond donors (Lipinski definition) is 1. The molecule has 2 N–H and O–H groups in total. The van der Waals surface area contributed by atoms with Crippen molar-refractivity contribution in [2.45, 2.75) is 34.6 Å². The summed E-state index contributed by atoms with van der Waals surface area (Å²) >= 11 is 0. The molecule has 15 heavy (non-hydrogen) atoms. The first-order valence-corrected chi connectivity index (χ1v) is 5.72. The molecule has 0 aromatic heterocycles. The van der Waals surface area contributed by atoms with Crippen molar-refractivity contribution >= 4 is 0 Å². The predicted octanol–water partition coefficient (Wildman–Crippen LogP) is 3.38. The van der Waals surface area contributed by atoms with Crippen LogP contribution in [0.25, 0.3) is 0 Å². The van der Waals surface area contributed by atoms with E-state index in [1.165, 1.54) is 5.56 Å². The molecule has 2 heteroatoms. The van der Waals surface area contributed by atoms with E-state index in [0.29, 0.717) is 13.2 Å². The van der Waals surface area contributed by atoms with Crippen molar-refractivity contribution in [1.29, 1.82) is 0 Å². The zero-order valence-corrected chi connectivity index (χ0v) is 10.7. The maximum absolute atomic E-state index is 5.29. The molecule has 0 radical (unpaired) electrons. The Morgan fingerprint density at radius 3 is 1.87 bits per heavy atom. The third-order valence-electron chi connectivity index (χ3n) is 1.41. The monoisotopic (exact) mass is 211 g/mol. The van der Waals surface area contributed by atoms with Crippen LogP contribution in [0.4, 0.5) is 0 Å². The van der Waals surface area contributed by atoms with E-state index in [0.717, 1.165) is 5.75 Å². The van der Waals surface area contributed by atoms with E-state index >= 15 is 0 Å². The van der Waals surface area contributed by atoms with Gasteiger partial charge in [0.2, 0.25) is 0 Å². The molecule has 1 rings (SSSR count). The molecular weight excluding hydrogens is 186 g/mol. The van der Waals surface area contributed by atoms with Crippen LogP contribution in [-0.2, 0) is 0 Å². The molecule has 0 aliphatic rings. The van der Waals surface area contributed by atoms with Gasteiger partial charge in [-0.3, -0.25) is 0 Å². The van der Waals surface area contributed by atoms with Crippen molar-refractivity contribution < 1.29 is 4.74 Å². The summed E-state index contributed by atoms with van der Waals surface area (Å²) in [4.78, 5) is 0. The lowest BCUT2D eigenvalue weighted by molar-refractivity contribution is 0.328. The van der Waals surface area contributed by atoms with Crippen molar-refractivity contribution in [2.24, 2.45) is 5.73 Å². The molecule has 0 saturated heterocycles. The van der Waals surface area contributed by atoms with Gasteiger partial charge in [0.1, 0.15) is 12.4 Å². The largest absolute Gasteiger partial charge is 0.492 e. The molecular formula is C13H25NO. The molecule has 0 unspecified atom stereocenters. The van der Waals surface area contributed by atoms with Gasteiger partial charge in [0.05, 0.1) is 0 Å². The highest BCUT2D eigenvalue weighted by molar-refractivity contribution is 5.26. The summed E-state index contributed by atoms with van der Waals surface area (Å²) in [6.45, 7) is 11.2. The van der Waals surface area contributed by atoms with Crippen molar-refractivity contribution in [3.63, 3.8) is 0 Å². The van der Waals surface area contributed by atoms with Gasteiger partial charge >= 0.3 is 0 Å². The zero-order chi connectivity index (χ0) is 12.1. The molecule has 0 aliphatic heterocycles. The molecule has 0 amide bonds. The van der Waals surface area contributed by atoms with E-state index in [1.54, 1.807) is 0 Å². The second-order valence-corrected chi connectivity index (χ2v) is 2.45. The molecule has 0 spiro atoms. The quantitative estimate of drug-likeness (QED) is 0.831. The lowest BCUT2D eigenvalue weighted by Crippen LogP contribution is -2.10. The minimum atomic E-state index is 0.563. The maximum Gasteiger partial charge on any atom is 0.119 e. The van der Waals surface area contributed by atoms with Crippen LogP contribution in [-0.4, -0.2) is 13.2 Å². The fourth-order valence-corrected chi connectivity index (χ4v) is 0.811. The second-order valence-electron chi connectivity index (χ2n) is 2.45. The lowest BCUT2D eigenvalue weighted by Gasteiger charge is -2.03. The molecule has 0 heterocycles. The molecule has 0 atom stereocenters. The van der Waals surface area contributed by atoms with Gasteiger partial charge in [0.25, 0.3) is 0 Å². The molecule has 0 saturated carbocycles. The van der Waals surface area contributed by atoms with Crippen molar-refractivity contribution in [2.75, 3.05) is 13.2 Å². The normalized spacial score (nSPS) is 7.87. The fraction of sp³-hybridized carbons (Fsp3) is 0.538. The molecule has 0 fully saturated rings. The highest BCUT2D eigenvalue weighted by atomic mass is 16.5. The fourth-order valence-electron chi connectivity index (χ4n) is 0.811. The Labute approximate surface area is 94.5 Å². The Balaban J connectivity index is 0. The molecule has 0 bridgehead atoms. The lowest BCUT2D eigenvalue weighted by atomic mass is 10.2. The molecule has 2 nitrogen and oxygen atoms in total. The Kier molecular flexibility index (Phi) is 14.2. The summed E-state index contributed by atoms with van der Waals surface area (Å²) in [5.74, 6) is 0.890. The predicted molar refractivity (Wildman–Crippen MR) is 68.4 cm³/mol. The van der Waals surface area contributed by atoms with Crippen LogP contribution >= 0.6 is 0 Å². The van der Waals surface area contributed by atoms with Gasteiger partial charge in [0.15, 0.2) is 0 Å². The van der Waals surface area contributed by atoms with E-state index in [9.17, 15) is 0 Å². The Bertz CT molecular complexity index is 206. The summed E-state index contributed by atoms with van der Waals surface area (Å²) in [5, 5.41) is 0. The number of rotatable bonds is 3. The van der Waals surface area contributed by atoms with Gasteiger partial charge in [-0.15, -0.1) is 0 Å². The van der Waals surface area contributed by atoms with Crippen molar-refractivity contribution in [3.05, 3.63) is 29.8 Å². The number of benzene rings is 1. The summed E-state index contributed by atoms with van der Waals surface area (Å²) in [5.41, 5.74) is 6.52. The first kappa shape index (κ1) is 16.4. The zero-order valence-electron chi connectivity index (χ0n) is 10.7. The van der Waals surface area contributed by atoms with Gasteiger partial charge < -0.3 is 10.5 Å². The minimum absolute atomic E-state index is 0.563. The van der Waals surface area contributed by atoms with Crippen LogP contribution in [0, 0.1) is 6.92 Å². The molecule has 1 aromatic carbocycles. The smallest absolute Gasteiger partial charge is 0.119 e. The van der Waals surface area contributed by atoms with E-state index in [-0.39, 0.29) is 0 Å². The van der Waals surface area contributed by atoms with E-state index in [4.69, 9.17) is 10.5 Å². The van der Waals surface area contributed by atoms with Crippen LogP contribution in [0.5, 0.6) is 5.75 Å². The Morgan fingerprint density at radius 2 is 1.47 bits per heavy atom. The summed E-state index contributed by atoms with van der Waals surface area (Å²) < 4.78 is 5.29. The van der Waals surface area contributed by atoms with E-state index in [1.807, 2.05) is 58.9 Å². The van der Waals surface area contributed by atoms with Crippen LogP contribution in [0.15, 0.2) is 24.3 Å². The SMILES string of the molecule is CC.CC.Cc1ccc(OCCN)cc1. The number of aryl methyl sites for hydroxylation is 1. The van der Waals surface area contributed by atoms with Gasteiger partial charge in [-0.25, -0.2) is 0 Å². The molecule has 88 valence electrons. The van der Waals surface area contributed by atoms with Crippen LogP contribution in [0.1, 0.15) is 33.3 Å².